The number of carboxylic acids is 1. The number of carbonyl (C=O) groups is 2. The van der Waals surface area contributed by atoms with Gasteiger partial charge in [0.05, 0.1) is 15.9 Å². The Hall–Kier alpha value is -3.70. The molecule has 4 aromatic rings. The molecule has 2 aromatic carbocycles. The lowest BCUT2D eigenvalue weighted by Gasteiger charge is -2.15. The van der Waals surface area contributed by atoms with Gasteiger partial charge >= 0.3 is 12.1 Å². The number of imidazole rings is 1. The number of fused-ring (bicyclic) bond motifs is 1. The highest BCUT2D eigenvalue weighted by Gasteiger charge is 2.38. The zero-order valence-corrected chi connectivity index (χ0v) is 22.2. The number of carbonyl (C=O) groups excluding carboxylic acids is 1. The summed E-state index contributed by atoms with van der Waals surface area (Å²) >= 11 is 1.76. The summed E-state index contributed by atoms with van der Waals surface area (Å²) in [6.07, 6.45) is -2.35. The summed E-state index contributed by atoms with van der Waals surface area (Å²) in [5.41, 5.74) is 5.82. The van der Waals surface area contributed by atoms with Crippen molar-refractivity contribution in [3.63, 3.8) is 0 Å². The molecule has 0 spiro atoms. The molecule has 1 aliphatic rings. The molecule has 1 amide bonds. The number of alkyl halides is 3. The fourth-order valence-corrected chi connectivity index (χ4v) is 5.26. The van der Waals surface area contributed by atoms with Crippen LogP contribution in [0, 0.1) is 6.92 Å². The normalized spacial score (nSPS) is 13.5. The summed E-state index contributed by atoms with van der Waals surface area (Å²) in [4.78, 5) is 33.2. The molecule has 0 unspecified atom stereocenters. The lowest BCUT2D eigenvalue weighted by atomic mass is 10.1. The number of aromatic nitrogens is 2. The van der Waals surface area contributed by atoms with Crippen LogP contribution in [0.4, 0.5) is 13.2 Å². The average molecular weight is 559 g/mol. The number of nitrogens with zero attached hydrogens (tertiary/aromatic N) is 2. The molecule has 2 aromatic heterocycles. The van der Waals surface area contributed by atoms with E-state index in [1.807, 2.05) is 4.90 Å². The Bertz CT molecular complexity index is 1450. The summed E-state index contributed by atoms with van der Waals surface area (Å²) in [5.74, 6) is -1.52. The maximum absolute atomic E-state index is 11.7. The van der Waals surface area contributed by atoms with E-state index < -0.39 is 12.1 Å². The van der Waals surface area contributed by atoms with E-state index in [0.29, 0.717) is 5.91 Å². The van der Waals surface area contributed by atoms with Gasteiger partial charge in [-0.25, -0.2) is 9.78 Å². The Morgan fingerprint density at radius 3 is 2.59 bits per heavy atom. The van der Waals surface area contributed by atoms with E-state index >= 15 is 0 Å². The Morgan fingerprint density at radius 2 is 1.90 bits per heavy atom. The van der Waals surface area contributed by atoms with Gasteiger partial charge in [0.25, 0.3) is 0 Å². The van der Waals surface area contributed by atoms with Gasteiger partial charge in [-0.3, -0.25) is 4.79 Å². The van der Waals surface area contributed by atoms with Crippen LogP contribution in [0.15, 0.2) is 54.6 Å². The van der Waals surface area contributed by atoms with Gasteiger partial charge in [0, 0.05) is 30.9 Å². The number of hydrogen-bond acceptors (Lipinski definition) is 5. The van der Waals surface area contributed by atoms with E-state index in [9.17, 15) is 18.0 Å². The van der Waals surface area contributed by atoms with E-state index in [-0.39, 0.29) is 0 Å². The van der Waals surface area contributed by atoms with Crippen LogP contribution in [0.2, 0.25) is 0 Å². The van der Waals surface area contributed by atoms with Gasteiger partial charge in [-0.15, -0.1) is 11.3 Å². The van der Waals surface area contributed by atoms with Gasteiger partial charge in [0.1, 0.15) is 5.82 Å². The third-order valence-corrected chi connectivity index (χ3v) is 7.43. The molecule has 3 heterocycles. The Morgan fingerprint density at radius 1 is 1.15 bits per heavy atom. The standard InChI is InChI=1S/C26H28N4OS.C2HF3O2/c1-18-6-2-9-21-25(18)29-26(28-21)23-12-11-22(32-23)20-8-3-7-19(16-20)17-27-13-5-15-30-14-4-10-24(30)31;3-2(4,5)1(6)7/h2-3,6-9,11-12,16,27H,4-5,10,13-15,17H2,1H3,(H,28,29);(H,6,7). The Kier molecular flexibility index (Phi) is 9.03. The molecule has 0 saturated carbocycles. The van der Waals surface area contributed by atoms with Gasteiger partial charge in [0.15, 0.2) is 0 Å². The SMILES string of the molecule is Cc1cccc2[nH]c(-c3ccc(-c4cccc(CNCCCN5CCCC5=O)c4)s3)nc12.O=C(O)C(F)(F)F. The van der Waals surface area contributed by atoms with Crippen molar-refractivity contribution >= 4 is 34.2 Å². The second-order valence-electron chi connectivity index (χ2n) is 9.24. The largest absolute Gasteiger partial charge is 0.490 e. The molecule has 0 radical (unpaired) electrons. The number of thiophene rings is 1. The third kappa shape index (κ3) is 7.45. The minimum Gasteiger partial charge on any atom is -0.475 e. The molecular weight excluding hydrogens is 529 g/mol. The maximum atomic E-state index is 11.7. The number of H-pyrrole nitrogens is 1. The van der Waals surface area contributed by atoms with Crippen LogP contribution < -0.4 is 5.32 Å². The van der Waals surface area contributed by atoms with Crippen molar-refractivity contribution in [1.82, 2.24) is 20.2 Å². The van der Waals surface area contributed by atoms with Crippen molar-refractivity contribution in [1.29, 1.82) is 0 Å². The molecule has 0 atom stereocenters. The summed E-state index contributed by atoms with van der Waals surface area (Å²) in [7, 11) is 0. The number of aryl methyl sites for hydroxylation is 1. The molecule has 11 heteroatoms. The number of aromatic amines is 1. The van der Waals surface area contributed by atoms with E-state index in [4.69, 9.17) is 14.9 Å². The molecular formula is C28H29F3N4O3S. The molecule has 206 valence electrons. The Balaban J connectivity index is 0.000000448. The van der Waals surface area contributed by atoms with Crippen LogP contribution in [0.5, 0.6) is 0 Å². The average Bonchev–Trinajstić information content (AvgIpc) is 3.64. The van der Waals surface area contributed by atoms with Crippen molar-refractivity contribution in [2.45, 2.75) is 38.9 Å². The number of likely N-dealkylation sites (tertiary alicyclic amines) is 1. The van der Waals surface area contributed by atoms with E-state index in [2.05, 4.69) is 71.8 Å². The second kappa shape index (κ2) is 12.4. The van der Waals surface area contributed by atoms with Crippen molar-refractivity contribution in [3.8, 4) is 21.1 Å². The summed E-state index contributed by atoms with van der Waals surface area (Å²) in [5, 5.41) is 10.6. The predicted molar refractivity (Wildman–Crippen MR) is 145 cm³/mol. The molecule has 3 N–H and O–H groups in total. The maximum Gasteiger partial charge on any atom is 0.490 e. The minimum atomic E-state index is -5.08. The summed E-state index contributed by atoms with van der Waals surface area (Å²) in [6, 6.07) is 19.3. The number of rotatable bonds is 8. The quantitative estimate of drug-likeness (QED) is 0.230. The first-order chi connectivity index (χ1) is 18.6. The highest BCUT2D eigenvalue weighted by molar-refractivity contribution is 7.18. The third-order valence-electron chi connectivity index (χ3n) is 6.29. The van der Waals surface area contributed by atoms with Gasteiger partial charge in [0.2, 0.25) is 5.91 Å². The Labute approximate surface area is 227 Å². The first-order valence-corrected chi connectivity index (χ1v) is 13.4. The van der Waals surface area contributed by atoms with Crippen molar-refractivity contribution < 1.29 is 27.9 Å². The summed E-state index contributed by atoms with van der Waals surface area (Å²) < 4.78 is 31.7. The number of aliphatic carboxylic acids is 1. The summed E-state index contributed by atoms with van der Waals surface area (Å²) in [6.45, 7) is 5.65. The van der Waals surface area contributed by atoms with Gasteiger partial charge < -0.3 is 20.3 Å². The van der Waals surface area contributed by atoms with E-state index in [0.717, 1.165) is 67.2 Å². The molecule has 1 saturated heterocycles. The van der Waals surface area contributed by atoms with Crippen molar-refractivity contribution in [2.24, 2.45) is 0 Å². The minimum absolute atomic E-state index is 0.311. The zero-order valence-electron chi connectivity index (χ0n) is 21.3. The fourth-order valence-electron chi connectivity index (χ4n) is 4.32. The van der Waals surface area contributed by atoms with E-state index in [1.165, 1.54) is 21.6 Å². The first-order valence-electron chi connectivity index (χ1n) is 12.6. The predicted octanol–water partition coefficient (Wildman–Crippen LogP) is 6.00. The van der Waals surface area contributed by atoms with Crippen LogP contribution in [0.25, 0.3) is 32.2 Å². The molecule has 5 rings (SSSR count). The lowest BCUT2D eigenvalue weighted by Crippen LogP contribution is -2.28. The van der Waals surface area contributed by atoms with Crippen molar-refractivity contribution in [2.75, 3.05) is 19.6 Å². The number of nitrogens with one attached hydrogen (secondary N) is 2. The number of carboxylic acid groups (broad SMARTS) is 1. The smallest absolute Gasteiger partial charge is 0.475 e. The van der Waals surface area contributed by atoms with Crippen LogP contribution >= 0.6 is 11.3 Å². The molecule has 0 bridgehead atoms. The monoisotopic (exact) mass is 558 g/mol. The van der Waals surface area contributed by atoms with Gasteiger partial charge in [-0.2, -0.15) is 13.2 Å². The molecule has 7 nitrogen and oxygen atoms in total. The fraction of sp³-hybridized carbons (Fsp3) is 0.321. The topological polar surface area (TPSA) is 98.3 Å². The highest BCUT2D eigenvalue weighted by atomic mass is 32.1. The van der Waals surface area contributed by atoms with Crippen LogP contribution in [0.3, 0.4) is 0 Å². The molecule has 0 aliphatic carbocycles. The second-order valence-corrected chi connectivity index (χ2v) is 10.3. The lowest BCUT2D eigenvalue weighted by molar-refractivity contribution is -0.192. The molecule has 1 aliphatic heterocycles. The number of amides is 1. The van der Waals surface area contributed by atoms with Crippen molar-refractivity contribution in [3.05, 3.63) is 65.7 Å². The van der Waals surface area contributed by atoms with Crippen LogP contribution in [-0.2, 0) is 16.1 Å². The van der Waals surface area contributed by atoms with E-state index in [1.54, 1.807) is 11.3 Å². The van der Waals surface area contributed by atoms with Gasteiger partial charge in [-0.1, -0.05) is 30.3 Å². The first kappa shape index (κ1) is 28.3. The van der Waals surface area contributed by atoms with Crippen LogP contribution in [-0.4, -0.2) is 57.7 Å². The highest BCUT2D eigenvalue weighted by Crippen LogP contribution is 2.34. The number of hydrogen-bond donors (Lipinski definition) is 3. The number of para-hydroxylation sites is 1. The van der Waals surface area contributed by atoms with Gasteiger partial charge in [-0.05, 0) is 67.3 Å². The zero-order chi connectivity index (χ0) is 28.0. The number of benzene rings is 2. The molecule has 1 fully saturated rings. The number of halogens is 3. The van der Waals surface area contributed by atoms with Crippen LogP contribution in [0.1, 0.15) is 30.4 Å². The molecule has 39 heavy (non-hydrogen) atoms.